The Kier molecular flexibility index (Phi) is 6.15. The van der Waals surface area contributed by atoms with E-state index in [1.54, 1.807) is 12.1 Å². The third-order valence-electron chi connectivity index (χ3n) is 4.06. The number of likely N-dealkylation sites (tertiary alicyclic amines) is 1. The van der Waals surface area contributed by atoms with Crippen molar-refractivity contribution in [1.82, 2.24) is 9.62 Å². The van der Waals surface area contributed by atoms with Gasteiger partial charge in [0.05, 0.1) is 11.4 Å². The predicted molar refractivity (Wildman–Crippen MR) is 89.4 cm³/mol. The highest BCUT2D eigenvalue weighted by molar-refractivity contribution is 7.89. The second kappa shape index (κ2) is 7.90. The van der Waals surface area contributed by atoms with E-state index < -0.39 is 10.0 Å². The topological polar surface area (TPSA) is 92.5 Å². The molecule has 7 heteroatoms. The van der Waals surface area contributed by atoms with E-state index in [9.17, 15) is 13.2 Å². The second-order valence-corrected chi connectivity index (χ2v) is 7.75. The largest absolute Gasteiger partial charge is 0.369 e. The Morgan fingerprint density at radius 2 is 1.87 bits per heavy atom. The first kappa shape index (κ1) is 17.9. The van der Waals surface area contributed by atoms with Crippen LogP contribution in [0.25, 0.3) is 0 Å². The van der Waals surface area contributed by atoms with Gasteiger partial charge in [-0.15, -0.1) is 0 Å². The van der Waals surface area contributed by atoms with Crippen LogP contribution in [0.2, 0.25) is 0 Å². The Bertz CT molecular complexity index is 620. The van der Waals surface area contributed by atoms with Crippen molar-refractivity contribution < 1.29 is 13.2 Å². The number of aryl methyl sites for hydroxylation is 1. The molecule has 1 aliphatic rings. The second-order valence-electron chi connectivity index (χ2n) is 6.03. The van der Waals surface area contributed by atoms with Crippen LogP contribution < -0.4 is 10.5 Å². The Balaban J connectivity index is 1.92. The molecule has 0 saturated carbocycles. The molecule has 1 amide bonds. The molecule has 0 aliphatic carbocycles. The van der Waals surface area contributed by atoms with Gasteiger partial charge < -0.3 is 5.73 Å². The number of hydrogen-bond acceptors (Lipinski definition) is 4. The number of amides is 1. The molecule has 23 heavy (non-hydrogen) atoms. The van der Waals surface area contributed by atoms with E-state index in [4.69, 9.17) is 5.73 Å². The van der Waals surface area contributed by atoms with Crippen LogP contribution in [0.15, 0.2) is 29.2 Å². The lowest BCUT2D eigenvalue weighted by molar-refractivity contribution is -0.119. The van der Waals surface area contributed by atoms with Gasteiger partial charge in [0.2, 0.25) is 15.9 Å². The van der Waals surface area contributed by atoms with E-state index >= 15 is 0 Å². The fraction of sp³-hybridized carbons (Fsp3) is 0.562. The summed E-state index contributed by atoms with van der Waals surface area (Å²) in [5.74, 6) is -0.351. The molecule has 0 atom stereocenters. The third-order valence-corrected chi connectivity index (χ3v) is 5.60. The number of hydrogen-bond donors (Lipinski definition) is 2. The number of carbonyl (C=O) groups excluding carboxylic acids is 1. The van der Waals surface area contributed by atoms with Gasteiger partial charge >= 0.3 is 0 Å². The standard InChI is InChI=1S/C16H25N3O3S/c1-2-3-13-4-6-15(7-5-13)23(21,22)18-14-8-10-19(11-9-14)12-16(17)20/h4-7,14,18H,2-3,8-12H2,1H3,(H2,17,20). The molecular formula is C16H25N3O3S. The Morgan fingerprint density at radius 3 is 2.39 bits per heavy atom. The summed E-state index contributed by atoms with van der Waals surface area (Å²) in [6.07, 6.45) is 3.35. The zero-order chi connectivity index (χ0) is 16.9. The molecule has 1 saturated heterocycles. The first-order valence-electron chi connectivity index (χ1n) is 8.02. The minimum atomic E-state index is -3.49. The number of primary amides is 1. The molecule has 1 aromatic rings. The number of sulfonamides is 1. The maximum atomic E-state index is 12.4. The minimum Gasteiger partial charge on any atom is -0.369 e. The molecule has 1 aromatic carbocycles. The van der Waals surface area contributed by atoms with Gasteiger partial charge in [-0.1, -0.05) is 25.5 Å². The highest BCUT2D eigenvalue weighted by Crippen LogP contribution is 2.16. The summed E-state index contributed by atoms with van der Waals surface area (Å²) in [6, 6.07) is 6.96. The maximum Gasteiger partial charge on any atom is 0.240 e. The average Bonchev–Trinajstić information content (AvgIpc) is 2.49. The number of benzene rings is 1. The zero-order valence-electron chi connectivity index (χ0n) is 13.5. The normalized spacial score (nSPS) is 17.3. The van der Waals surface area contributed by atoms with Crippen molar-refractivity contribution in [3.05, 3.63) is 29.8 Å². The zero-order valence-corrected chi connectivity index (χ0v) is 14.3. The van der Waals surface area contributed by atoms with Crippen LogP contribution >= 0.6 is 0 Å². The first-order valence-corrected chi connectivity index (χ1v) is 9.51. The van der Waals surface area contributed by atoms with Gasteiger partial charge in [-0.25, -0.2) is 13.1 Å². The lowest BCUT2D eigenvalue weighted by atomic mass is 10.1. The van der Waals surface area contributed by atoms with Crippen molar-refractivity contribution in [3.63, 3.8) is 0 Å². The van der Waals surface area contributed by atoms with Crippen molar-refractivity contribution >= 4 is 15.9 Å². The molecule has 3 N–H and O–H groups in total. The molecule has 1 heterocycles. The van der Waals surface area contributed by atoms with Crippen LogP contribution in [0.4, 0.5) is 0 Å². The fourth-order valence-electron chi connectivity index (χ4n) is 2.84. The average molecular weight is 339 g/mol. The summed E-state index contributed by atoms with van der Waals surface area (Å²) in [6.45, 7) is 3.67. The van der Waals surface area contributed by atoms with E-state index in [1.807, 2.05) is 17.0 Å². The van der Waals surface area contributed by atoms with Crippen LogP contribution in [0.5, 0.6) is 0 Å². The summed E-state index contributed by atoms with van der Waals surface area (Å²) in [5.41, 5.74) is 6.32. The van der Waals surface area contributed by atoms with Crippen LogP contribution in [0.1, 0.15) is 31.7 Å². The Labute approximate surface area is 138 Å². The Morgan fingerprint density at radius 1 is 1.26 bits per heavy atom. The van der Waals surface area contributed by atoms with Gasteiger partial charge in [-0.2, -0.15) is 0 Å². The van der Waals surface area contributed by atoms with E-state index in [2.05, 4.69) is 11.6 Å². The molecule has 2 rings (SSSR count). The number of piperidine rings is 1. The number of nitrogens with zero attached hydrogens (tertiary/aromatic N) is 1. The molecule has 1 aliphatic heterocycles. The lowest BCUT2D eigenvalue weighted by Gasteiger charge is -2.31. The number of rotatable bonds is 7. The van der Waals surface area contributed by atoms with Crippen molar-refractivity contribution in [2.45, 2.75) is 43.5 Å². The molecule has 0 bridgehead atoms. The van der Waals surface area contributed by atoms with Gasteiger partial charge in [0.25, 0.3) is 0 Å². The number of nitrogens with one attached hydrogen (secondary N) is 1. The smallest absolute Gasteiger partial charge is 0.240 e. The Hall–Kier alpha value is -1.44. The number of carbonyl (C=O) groups is 1. The van der Waals surface area contributed by atoms with Gasteiger partial charge in [0.1, 0.15) is 0 Å². The van der Waals surface area contributed by atoms with Crippen molar-refractivity contribution in [2.75, 3.05) is 19.6 Å². The summed E-state index contributed by atoms with van der Waals surface area (Å²) >= 11 is 0. The lowest BCUT2D eigenvalue weighted by Crippen LogP contribution is -2.46. The van der Waals surface area contributed by atoms with E-state index in [0.29, 0.717) is 30.8 Å². The fourth-order valence-corrected chi connectivity index (χ4v) is 4.15. The first-order chi connectivity index (χ1) is 10.9. The summed E-state index contributed by atoms with van der Waals surface area (Å²) in [5, 5.41) is 0. The molecule has 0 spiro atoms. The highest BCUT2D eigenvalue weighted by Gasteiger charge is 2.25. The summed E-state index contributed by atoms with van der Waals surface area (Å²) < 4.78 is 27.6. The predicted octanol–water partition coefficient (Wildman–Crippen LogP) is 0.867. The van der Waals surface area contributed by atoms with Crippen LogP contribution in [0.3, 0.4) is 0 Å². The SMILES string of the molecule is CCCc1ccc(S(=O)(=O)NC2CCN(CC(N)=O)CC2)cc1. The third kappa shape index (κ3) is 5.30. The van der Waals surface area contributed by atoms with E-state index in [1.165, 1.54) is 0 Å². The van der Waals surface area contributed by atoms with Crippen LogP contribution in [-0.2, 0) is 21.2 Å². The molecule has 128 valence electrons. The maximum absolute atomic E-state index is 12.4. The highest BCUT2D eigenvalue weighted by atomic mass is 32.2. The molecular weight excluding hydrogens is 314 g/mol. The van der Waals surface area contributed by atoms with Gasteiger partial charge in [-0.05, 0) is 37.0 Å². The number of nitrogens with two attached hydrogens (primary N) is 1. The van der Waals surface area contributed by atoms with E-state index in [-0.39, 0.29) is 18.5 Å². The van der Waals surface area contributed by atoms with Crippen molar-refractivity contribution in [3.8, 4) is 0 Å². The van der Waals surface area contributed by atoms with Crippen molar-refractivity contribution in [1.29, 1.82) is 0 Å². The molecule has 1 fully saturated rings. The van der Waals surface area contributed by atoms with E-state index in [0.717, 1.165) is 18.4 Å². The summed E-state index contributed by atoms with van der Waals surface area (Å²) in [7, 11) is -3.49. The molecule has 0 radical (unpaired) electrons. The van der Waals surface area contributed by atoms with Gasteiger partial charge in [0, 0.05) is 19.1 Å². The van der Waals surface area contributed by atoms with Gasteiger partial charge in [0.15, 0.2) is 0 Å². The summed E-state index contributed by atoms with van der Waals surface area (Å²) in [4.78, 5) is 13.2. The minimum absolute atomic E-state index is 0.0977. The quantitative estimate of drug-likeness (QED) is 0.771. The molecule has 0 unspecified atom stereocenters. The molecule has 6 nitrogen and oxygen atoms in total. The monoisotopic (exact) mass is 339 g/mol. The molecule has 0 aromatic heterocycles. The van der Waals surface area contributed by atoms with Crippen LogP contribution in [0, 0.1) is 0 Å². The van der Waals surface area contributed by atoms with Crippen LogP contribution in [-0.4, -0.2) is 44.9 Å². The van der Waals surface area contributed by atoms with Gasteiger partial charge in [-0.3, -0.25) is 9.69 Å². The van der Waals surface area contributed by atoms with Crippen molar-refractivity contribution in [2.24, 2.45) is 5.73 Å².